The second-order valence-corrected chi connectivity index (χ2v) is 5.42. The highest BCUT2D eigenvalue weighted by Crippen LogP contribution is 2.35. The van der Waals surface area contributed by atoms with E-state index in [-0.39, 0.29) is 6.04 Å². The van der Waals surface area contributed by atoms with E-state index in [0.717, 1.165) is 28.6 Å². The minimum atomic E-state index is 0.200. The van der Waals surface area contributed by atoms with Crippen molar-refractivity contribution in [3.8, 4) is 0 Å². The van der Waals surface area contributed by atoms with Crippen LogP contribution in [0, 0.1) is 5.92 Å². The molecule has 0 bridgehead atoms. The number of hydrogen-bond donors (Lipinski definition) is 1. The van der Waals surface area contributed by atoms with E-state index >= 15 is 0 Å². The van der Waals surface area contributed by atoms with Crippen molar-refractivity contribution in [1.82, 2.24) is 5.32 Å². The second-order valence-electron chi connectivity index (χ2n) is 4.57. The molecular weight excluding hydrogens is 257 g/mol. The molecule has 0 amide bonds. The molecule has 4 heteroatoms. The Morgan fingerprint density at radius 2 is 2.18 bits per heavy atom. The first-order valence-corrected chi connectivity index (χ1v) is 6.61. The summed E-state index contributed by atoms with van der Waals surface area (Å²) in [5.74, 6) is 0.450. The Bertz CT molecular complexity index is 397. The highest BCUT2D eigenvalue weighted by atomic mass is 35.5. The molecule has 0 aliphatic carbocycles. The van der Waals surface area contributed by atoms with Gasteiger partial charge in [0, 0.05) is 22.0 Å². The molecule has 1 aliphatic heterocycles. The lowest BCUT2D eigenvalue weighted by atomic mass is 9.91. The Labute approximate surface area is 112 Å². The third-order valence-corrected chi connectivity index (χ3v) is 3.88. The Morgan fingerprint density at radius 3 is 2.76 bits per heavy atom. The summed E-state index contributed by atoms with van der Waals surface area (Å²) >= 11 is 12.3. The zero-order chi connectivity index (χ0) is 12.4. The Morgan fingerprint density at radius 1 is 1.41 bits per heavy atom. The largest absolute Gasteiger partial charge is 0.378 e. The lowest BCUT2D eigenvalue weighted by Crippen LogP contribution is -2.26. The van der Waals surface area contributed by atoms with Crippen LogP contribution in [0.25, 0.3) is 0 Å². The highest BCUT2D eigenvalue weighted by molar-refractivity contribution is 6.33. The van der Waals surface area contributed by atoms with Crippen LogP contribution < -0.4 is 5.32 Å². The molecule has 94 valence electrons. The summed E-state index contributed by atoms with van der Waals surface area (Å²) in [5, 5.41) is 4.80. The Balaban J connectivity index is 2.25. The maximum atomic E-state index is 6.25. The lowest BCUT2D eigenvalue weighted by molar-refractivity contribution is 0.117. The second kappa shape index (κ2) is 5.57. The molecule has 1 aromatic carbocycles. The van der Waals surface area contributed by atoms with Crippen LogP contribution in [0.4, 0.5) is 0 Å². The zero-order valence-corrected chi connectivity index (χ0v) is 11.6. The fourth-order valence-electron chi connectivity index (χ4n) is 2.48. The van der Waals surface area contributed by atoms with Gasteiger partial charge in [-0.1, -0.05) is 23.2 Å². The predicted octanol–water partition coefficient (Wildman–Crippen LogP) is 3.68. The van der Waals surface area contributed by atoms with Gasteiger partial charge in [-0.15, -0.1) is 0 Å². The van der Waals surface area contributed by atoms with E-state index < -0.39 is 0 Å². The maximum Gasteiger partial charge on any atom is 0.0551 e. The molecule has 3 unspecified atom stereocenters. The molecule has 17 heavy (non-hydrogen) atoms. The summed E-state index contributed by atoms with van der Waals surface area (Å²) in [6.45, 7) is 2.88. The molecule has 1 N–H and O–H groups in total. The van der Waals surface area contributed by atoms with Gasteiger partial charge in [0.25, 0.3) is 0 Å². The zero-order valence-electron chi connectivity index (χ0n) is 10.0. The first kappa shape index (κ1) is 13.2. The number of nitrogens with one attached hydrogen (secondary N) is 1. The number of ether oxygens (including phenoxy) is 1. The molecule has 0 aromatic heterocycles. The quantitative estimate of drug-likeness (QED) is 0.907. The molecule has 1 fully saturated rings. The van der Waals surface area contributed by atoms with Gasteiger partial charge in [-0.05, 0) is 44.2 Å². The molecule has 0 radical (unpaired) electrons. The van der Waals surface area contributed by atoms with Gasteiger partial charge in [-0.25, -0.2) is 0 Å². The highest BCUT2D eigenvalue weighted by Gasteiger charge is 2.30. The Hall–Kier alpha value is -0.280. The van der Waals surface area contributed by atoms with E-state index in [0.29, 0.717) is 12.0 Å². The van der Waals surface area contributed by atoms with Gasteiger partial charge < -0.3 is 10.1 Å². The van der Waals surface area contributed by atoms with Crippen LogP contribution in [0.3, 0.4) is 0 Å². The van der Waals surface area contributed by atoms with E-state index in [2.05, 4.69) is 12.2 Å². The normalized spacial score (nSPS) is 26.1. The predicted molar refractivity (Wildman–Crippen MR) is 71.8 cm³/mol. The first-order valence-electron chi connectivity index (χ1n) is 5.85. The number of benzene rings is 1. The molecule has 3 atom stereocenters. The van der Waals surface area contributed by atoms with E-state index in [1.165, 1.54) is 0 Å². The summed E-state index contributed by atoms with van der Waals surface area (Å²) in [7, 11) is 1.95. The topological polar surface area (TPSA) is 21.3 Å². The van der Waals surface area contributed by atoms with Crippen molar-refractivity contribution >= 4 is 23.2 Å². The van der Waals surface area contributed by atoms with Gasteiger partial charge >= 0.3 is 0 Å². The summed E-state index contributed by atoms with van der Waals surface area (Å²) in [5.41, 5.74) is 1.06. The van der Waals surface area contributed by atoms with Crippen LogP contribution in [0.5, 0.6) is 0 Å². The van der Waals surface area contributed by atoms with Crippen LogP contribution in [0.1, 0.15) is 24.9 Å². The van der Waals surface area contributed by atoms with Gasteiger partial charge in [0.2, 0.25) is 0 Å². The lowest BCUT2D eigenvalue weighted by Gasteiger charge is -2.23. The van der Waals surface area contributed by atoms with Gasteiger partial charge in [-0.3, -0.25) is 0 Å². The summed E-state index contributed by atoms with van der Waals surface area (Å²) in [4.78, 5) is 0. The fourth-order valence-corrected chi connectivity index (χ4v) is 2.90. The molecule has 0 saturated carbocycles. The van der Waals surface area contributed by atoms with Crippen LogP contribution in [0.15, 0.2) is 18.2 Å². The molecule has 1 heterocycles. The van der Waals surface area contributed by atoms with Gasteiger partial charge in [0.05, 0.1) is 12.7 Å². The fraction of sp³-hybridized carbons (Fsp3) is 0.538. The summed E-state index contributed by atoms with van der Waals surface area (Å²) in [6, 6.07) is 5.80. The minimum Gasteiger partial charge on any atom is -0.378 e. The maximum absolute atomic E-state index is 6.25. The Kier molecular flexibility index (Phi) is 4.31. The number of hydrogen-bond acceptors (Lipinski definition) is 2. The van der Waals surface area contributed by atoms with E-state index in [1.807, 2.05) is 25.2 Å². The van der Waals surface area contributed by atoms with Crippen LogP contribution in [-0.2, 0) is 4.74 Å². The molecule has 2 rings (SSSR count). The van der Waals surface area contributed by atoms with Crippen molar-refractivity contribution in [2.45, 2.75) is 25.5 Å². The number of rotatable bonds is 3. The van der Waals surface area contributed by atoms with Gasteiger partial charge in [0.1, 0.15) is 0 Å². The van der Waals surface area contributed by atoms with E-state index in [4.69, 9.17) is 27.9 Å². The third-order valence-electron chi connectivity index (χ3n) is 3.31. The van der Waals surface area contributed by atoms with E-state index in [9.17, 15) is 0 Å². The molecular formula is C13H17Cl2NO. The van der Waals surface area contributed by atoms with Crippen LogP contribution in [-0.4, -0.2) is 19.8 Å². The molecule has 1 aliphatic rings. The standard InChI is InChI=1S/C13H17Cl2NO/c1-8-5-9(7-17-8)13(16-2)11-6-10(14)3-4-12(11)15/h3-4,6,8-9,13,16H,5,7H2,1-2H3. The average Bonchev–Trinajstić information content (AvgIpc) is 2.71. The van der Waals surface area contributed by atoms with Crippen molar-refractivity contribution in [3.05, 3.63) is 33.8 Å². The number of halogens is 2. The SMILES string of the molecule is CNC(c1cc(Cl)ccc1Cl)C1COC(C)C1. The minimum absolute atomic E-state index is 0.200. The smallest absolute Gasteiger partial charge is 0.0551 e. The van der Waals surface area contributed by atoms with Crippen molar-refractivity contribution < 1.29 is 4.74 Å². The molecule has 2 nitrogen and oxygen atoms in total. The average molecular weight is 274 g/mol. The van der Waals surface area contributed by atoms with Gasteiger partial charge in [0.15, 0.2) is 0 Å². The van der Waals surface area contributed by atoms with Crippen molar-refractivity contribution in [3.63, 3.8) is 0 Å². The van der Waals surface area contributed by atoms with E-state index in [1.54, 1.807) is 0 Å². The summed E-state index contributed by atoms with van der Waals surface area (Å²) < 4.78 is 5.62. The first-order chi connectivity index (χ1) is 8.11. The monoisotopic (exact) mass is 273 g/mol. The molecule has 1 aromatic rings. The van der Waals surface area contributed by atoms with Crippen molar-refractivity contribution in [2.24, 2.45) is 5.92 Å². The molecule has 1 saturated heterocycles. The van der Waals surface area contributed by atoms with Crippen molar-refractivity contribution in [1.29, 1.82) is 0 Å². The van der Waals surface area contributed by atoms with Gasteiger partial charge in [-0.2, -0.15) is 0 Å². The van der Waals surface area contributed by atoms with Crippen LogP contribution in [0.2, 0.25) is 10.0 Å². The van der Waals surface area contributed by atoms with Crippen molar-refractivity contribution in [2.75, 3.05) is 13.7 Å². The third kappa shape index (κ3) is 2.94. The van der Waals surface area contributed by atoms with Crippen LogP contribution >= 0.6 is 23.2 Å². The summed E-state index contributed by atoms with van der Waals surface area (Å²) in [6.07, 6.45) is 1.38. The molecule has 0 spiro atoms.